The monoisotopic (exact) mass is 1330 g/mol. The van der Waals surface area contributed by atoms with Crippen LogP contribution < -0.4 is 5.32 Å². The van der Waals surface area contributed by atoms with Crippen LogP contribution in [-0.4, -0.2) is 47.4 Å². The summed E-state index contributed by atoms with van der Waals surface area (Å²) in [6.07, 6.45) is 114. The molecule has 0 aliphatic carbocycles. The quantitative estimate of drug-likeness (QED) is 0.0320. The summed E-state index contributed by atoms with van der Waals surface area (Å²) in [7, 11) is 0. The summed E-state index contributed by atoms with van der Waals surface area (Å²) in [5, 5.41) is 23.3. The summed E-state index contributed by atoms with van der Waals surface area (Å²) < 4.78 is 5.49. The number of allylic oxidation sites excluding steroid dienone is 9. The highest BCUT2D eigenvalue weighted by Crippen LogP contribution is 2.20. The fourth-order valence-electron chi connectivity index (χ4n) is 13.5. The highest BCUT2D eigenvalue weighted by Gasteiger charge is 2.18. The average Bonchev–Trinajstić information content (AvgIpc) is 2.95. The van der Waals surface area contributed by atoms with E-state index in [9.17, 15) is 19.8 Å². The molecule has 0 saturated heterocycles. The molecule has 2 unspecified atom stereocenters. The molecule has 2 atom stereocenters. The molecule has 0 rings (SSSR count). The molecule has 0 saturated carbocycles. The highest BCUT2D eigenvalue weighted by atomic mass is 16.5. The maximum atomic E-state index is 12.6. The van der Waals surface area contributed by atoms with Crippen LogP contribution in [0, 0.1) is 0 Å². The summed E-state index contributed by atoms with van der Waals surface area (Å²) in [4.78, 5) is 24.6. The van der Waals surface area contributed by atoms with E-state index in [2.05, 4.69) is 67.8 Å². The Balaban J connectivity index is 3.38. The van der Waals surface area contributed by atoms with Crippen molar-refractivity contribution in [1.82, 2.24) is 5.32 Å². The van der Waals surface area contributed by atoms with Crippen LogP contribution in [0.1, 0.15) is 470 Å². The van der Waals surface area contributed by atoms with Crippen LogP contribution in [0.4, 0.5) is 0 Å². The standard InChI is InChI=1S/C89H167NO5/c1-3-5-7-9-11-13-15-17-19-20-21-22-23-41-44-47-50-54-57-61-65-69-73-77-81-87(92)86(85-91)90-88(93)82-78-74-70-66-62-58-55-51-48-45-42-39-37-35-33-31-29-27-25-24-26-28-30-32-34-36-38-40-43-46-49-52-56-60-64-68-72-76-80-84-95-89(94)83-79-75-71-67-63-59-53-18-16-14-12-10-8-6-4-2/h12,14,18,24-25,28,30,53,77,81,86-87,91-92H,3-11,13,15-17,19-23,26-27,29,31-52,54-76,78-80,82-85H2,1-2H3,(H,90,93)/b14-12-,25-24-,30-28-,53-18-,81-77+. The Hall–Kier alpha value is -2.44. The van der Waals surface area contributed by atoms with Crippen molar-refractivity contribution in [3.8, 4) is 0 Å². The summed E-state index contributed by atoms with van der Waals surface area (Å²) in [6, 6.07) is -0.628. The lowest BCUT2D eigenvalue weighted by molar-refractivity contribution is -0.143. The molecular formula is C89H167NO5. The van der Waals surface area contributed by atoms with Crippen molar-refractivity contribution in [1.29, 1.82) is 0 Å². The molecule has 95 heavy (non-hydrogen) atoms. The van der Waals surface area contributed by atoms with Gasteiger partial charge in [-0.3, -0.25) is 9.59 Å². The second-order valence-corrected chi connectivity index (χ2v) is 29.5. The first kappa shape index (κ1) is 92.6. The summed E-state index contributed by atoms with van der Waals surface area (Å²) >= 11 is 0. The molecule has 558 valence electrons. The number of rotatable bonds is 81. The smallest absolute Gasteiger partial charge is 0.305 e. The lowest BCUT2D eigenvalue weighted by Crippen LogP contribution is -2.45. The summed E-state index contributed by atoms with van der Waals surface area (Å²) in [5.74, 6) is -0.0537. The predicted octanol–water partition coefficient (Wildman–Crippen LogP) is 28.9. The van der Waals surface area contributed by atoms with Gasteiger partial charge in [-0.15, -0.1) is 0 Å². The molecule has 0 aliphatic rings. The molecule has 0 aromatic heterocycles. The van der Waals surface area contributed by atoms with Crippen LogP contribution in [0.15, 0.2) is 60.8 Å². The molecule has 0 heterocycles. The van der Waals surface area contributed by atoms with E-state index in [1.807, 2.05) is 6.08 Å². The third-order valence-corrected chi connectivity index (χ3v) is 20.0. The van der Waals surface area contributed by atoms with Gasteiger partial charge < -0.3 is 20.3 Å². The maximum absolute atomic E-state index is 12.6. The van der Waals surface area contributed by atoms with Gasteiger partial charge in [-0.25, -0.2) is 0 Å². The highest BCUT2D eigenvalue weighted by molar-refractivity contribution is 5.76. The van der Waals surface area contributed by atoms with E-state index in [1.54, 1.807) is 6.08 Å². The molecule has 3 N–H and O–H groups in total. The van der Waals surface area contributed by atoms with Gasteiger partial charge in [0.1, 0.15) is 0 Å². The number of ether oxygens (including phenoxy) is 1. The fourth-order valence-corrected chi connectivity index (χ4v) is 13.5. The maximum Gasteiger partial charge on any atom is 0.305 e. The van der Waals surface area contributed by atoms with Crippen LogP contribution in [0.5, 0.6) is 0 Å². The molecule has 0 fully saturated rings. The van der Waals surface area contributed by atoms with Gasteiger partial charge in [-0.05, 0) is 96.3 Å². The Labute approximate surface area is 594 Å². The largest absolute Gasteiger partial charge is 0.466 e. The number of esters is 1. The van der Waals surface area contributed by atoms with Gasteiger partial charge in [0.2, 0.25) is 5.91 Å². The molecule has 0 radical (unpaired) electrons. The second-order valence-electron chi connectivity index (χ2n) is 29.5. The van der Waals surface area contributed by atoms with Crippen molar-refractivity contribution in [2.24, 2.45) is 0 Å². The van der Waals surface area contributed by atoms with Crippen LogP contribution in [0.2, 0.25) is 0 Å². The first-order valence-corrected chi connectivity index (χ1v) is 43.1. The van der Waals surface area contributed by atoms with Gasteiger partial charge in [0, 0.05) is 12.8 Å². The zero-order valence-corrected chi connectivity index (χ0v) is 64.2. The van der Waals surface area contributed by atoms with Gasteiger partial charge in [0.25, 0.3) is 0 Å². The number of nitrogens with one attached hydrogen (secondary N) is 1. The number of hydrogen-bond donors (Lipinski definition) is 3. The van der Waals surface area contributed by atoms with Crippen LogP contribution in [0.3, 0.4) is 0 Å². The van der Waals surface area contributed by atoms with Gasteiger partial charge in [0.05, 0.1) is 25.4 Å². The second kappa shape index (κ2) is 84.0. The van der Waals surface area contributed by atoms with E-state index >= 15 is 0 Å². The van der Waals surface area contributed by atoms with Crippen molar-refractivity contribution in [3.05, 3.63) is 60.8 Å². The zero-order chi connectivity index (χ0) is 68.4. The van der Waals surface area contributed by atoms with Crippen molar-refractivity contribution >= 4 is 11.9 Å². The molecule has 0 bridgehead atoms. The predicted molar refractivity (Wildman–Crippen MR) is 421 cm³/mol. The first-order valence-electron chi connectivity index (χ1n) is 43.1. The Kier molecular flexibility index (Phi) is 81.8. The van der Waals surface area contributed by atoms with Crippen molar-refractivity contribution < 1.29 is 24.5 Å². The topological polar surface area (TPSA) is 95.9 Å². The summed E-state index contributed by atoms with van der Waals surface area (Å²) in [5.41, 5.74) is 0. The minimum Gasteiger partial charge on any atom is -0.466 e. The number of carbonyl (C=O) groups excluding carboxylic acids is 2. The number of aliphatic hydroxyl groups excluding tert-OH is 2. The van der Waals surface area contributed by atoms with Gasteiger partial charge in [-0.2, -0.15) is 0 Å². The molecule has 6 nitrogen and oxygen atoms in total. The van der Waals surface area contributed by atoms with E-state index < -0.39 is 12.1 Å². The Morgan fingerprint density at radius 2 is 0.526 bits per heavy atom. The number of unbranched alkanes of at least 4 members (excludes halogenated alkanes) is 62. The average molecular weight is 1330 g/mol. The Morgan fingerprint density at radius 1 is 0.295 bits per heavy atom. The molecule has 0 spiro atoms. The normalized spacial score (nSPS) is 12.8. The van der Waals surface area contributed by atoms with Gasteiger partial charge in [-0.1, -0.05) is 421 Å². The SMILES string of the molecule is CCCCC/C=C\C/C=C\CCCCCCCC(=O)OCCCCCCCCCCCCCCCCC/C=C\C/C=C\CCCCCCCCCCCCCCCCCCCC(=O)NC(CO)C(O)/C=C/CCCCCCCCCCCCCCCCCCCCCCCC. The zero-order valence-electron chi connectivity index (χ0n) is 64.2. The third kappa shape index (κ3) is 80.4. The minimum atomic E-state index is -0.845. The number of carbonyl (C=O) groups is 2. The molecule has 0 aliphatic heterocycles. The molecule has 0 aromatic carbocycles. The molecule has 1 amide bonds. The van der Waals surface area contributed by atoms with Crippen molar-refractivity contribution in [2.75, 3.05) is 13.2 Å². The first-order chi connectivity index (χ1) is 47.0. The third-order valence-electron chi connectivity index (χ3n) is 20.0. The minimum absolute atomic E-state index is 0.00643. The fraction of sp³-hybridized carbons (Fsp3) is 0.865. The number of aliphatic hydroxyl groups is 2. The number of hydrogen-bond acceptors (Lipinski definition) is 5. The van der Waals surface area contributed by atoms with E-state index in [1.165, 1.54) is 385 Å². The van der Waals surface area contributed by atoms with Crippen LogP contribution in [-0.2, 0) is 14.3 Å². The van der Waals surface area contributed by atoms with Crippen molar-refractivity contribution in [3.63, 3.8) is 0 Å². The molecule has 6 heteroatoms. The summed E-state index contributed by atoms with van der Waals surface area (Å²) in [6.45, 7) is 4.92. The van der Waals surface area contributed by atoms with E-state index in [-0.39, 0.29) is 18.5 Å². The van der Waals surface area contributed by atoms with Crippen molar-refractivity contribution in [2.45, 2.75) is 482 Å². The molecule has 0 aromatic rings. The van der Waals surface area contributed by atoms with Gasteiger partial charge in [0.15, 0.2) is 0 Å². The number of amides is 1. The van der Waals surface area contributed by atoms with Crippen LogP contribution >= 0.6 is 0 Å². The van der Waals surface area contributed by atoms with Crippen LogP contribution in [0.25, 0.3) is 0 Å². The Morgan fingerprint density at radius 3 is 0.821 bits per heavy atom. The van der Waals surface area contributed by atoms with E-state index in [4.69, 9.17) is 4.74 Å². The van der Waals surface area contributed by atoms with Gasteiger partial charge >= 0.3 is 5.97 Å². The molecular weight excluding hydrogens is 1160 g/mol. The van der Waals surface area contributed by atoms with E-state index in [0.717, 1.165) is 57.8 Å². The Bertz CT molecular complexity index is 1630. The van der Waals surface area contributed by atoms with E-state index in [0.29, 0.717) is 19.4 Å². The lowest BCUT2D eigenvalue weighted by atomic mass is 10.0. The lowest BCUT2D eigenvalue weighted by Gasteiger charge is -2.20.